The Morgan fingerprint density at radius 2 is 2.05 bits per heavy atom. The summed E-state index contributed by atoms with van der Waals surface area (Å²) in [5.41, 5.74) is 7.49. The molecule has 3 N–H and O–H groups in total. The summed E-state index contributed by atoms with van der Waals surface area (Å²) < 4.78 is 5.62. The summed E-state index contributed by atoms with van der Waals surface area (Å²) >= 11 is 0. The van der Waals surface area contributed by atoms with Crippen LogP contribution in [0.5, 0.6) is 0 Å². The normalized spacial score (nSPS) is 17.9. The van der Waals surface area contributed by atoms with Crippen molar-refractivity contribution in [3.05, 3.63) is 35.9 Å². The van der Waals surface area contributed by atoms with Crippen LogP contribution in [0, 0.1) is 11.8 Å². The Morgan fingerprint density at radius 1 is 1.30 bits per heavy atom. The van der Waals surface area contributed by atoms with Crippen LogP contribution in [0.2, 0.25) is 0 Å². The fourth-order valence-corrected chi connectivity index (χ4v) is 2.29. The maximum absolute atomic E-state index is 6.28. The first-order chi connectivity index (χ1) is 9.77. The van der Waals surface area contributed by atoms with Crippen molar-refractivity contribution >= 4 is 0 Å². The molecule has 2 unspecified atom stereocenters. The van der Waals surface area contributed by atoms with E-state index in [0.29, 0.717) is 5.92 Å². The second kappa shape index (κ2) is 8.40. The lowest BCUT2D eigenvalue weighted by Crippen LogP contribution is -2.30. The average Bonchev–Trinajstić information content (AvgIpc) is 3.30. The van der Waals surface area contributed by atoms with Crippen LogP contribution in [-0.4, -0.2) is 26.3 Å². The lowest BCUT2D eigenvalue weighted by Gasteiger charge is -2.20. The van der Waals surface area contributed by atoms with E-state index in [4.69, 9.17) is 10.5 Å². The molecule has 1 aromatic rings. The molecule has 1 saturated carbocycles. The monoisotopic (exact) mass is 276 g/mol. The van der Waals surface area contributed by atoms with E-state index in [1.54, 1.807) is 0 Å². The van der Waals surface area contributed by atoms with E-state index in [2.05, 4.69) is 24.4 Å². The predicted octanol–water partition coefficient (Wildman–Crippen LogP) is 2.73. The number of ether oxygens (including phenoxy) is 1. The van der Waals surface area contributed by atoms with E-state index in [0.717, 1.165) is 38.6 Å². The van der Waals surface area contributed by atoms with E-state index in [1.807, 2.05) is 18.2 Å². The number of benzene rings is 1. The number of hydrogen-bond donors (Lipinski definition) is 2. The van der Waals surface area contributed by atoms with E-state index < -0.39 is 0 Å². The van der Waals surface area contributed by atoms with Crippen molar-refractivity contribution < 1.29 is 4.74 Å². The van der Waals surface area contributed by atoms with Crippen LogP contribution in [0.3, 0.4) is 0 Å². The Bertz CT molecular complexity index is 365. The molecule has 1 aromatic carbocycles. The highest BCUT2D eigenvalue weighted by Gasteiger charge is 2.20. The molecular formula is C17H28N2O. The molecule has 2 rings (SSSR count). The van der Waals surface area contributed by atoms with Gasteiger partial charge in [0.2, 0.25) is 0 Å². The maximum atomic E-state index is 6.28. The number of rotatable bonds is 10. The molecule has 2 atom stereocenters. The predicted molar refractivity (Wildman–Crippen MR) is 83.6 cm³/mol. The van der Waals surface area contributed by atoms with Gasteiger partial charge in [0.05, 0.1) is 0 Å². The Kier molecular flexibility index (Phi) is 6.51. The van der Waals surface area contributed by atoms with Crippen LogP contribution in [-0.2, 0) is 4.74 Å². The van der Waals surface area contributed by atoms with Gasteiger partial charge in [-0.3, -0.25) is 0 Å². The van der Waals surface area contributed by atoms with Crippen molar-refractivity contribution in [2.45, 2.75) is 32.2 Å². The highest BCUT2D eigenvalue weighted by atomic mass is 16.5. The van der Waals surface area contributed by atoms with Gasteiger partial charge >= 0.3 is 0 Å². The van der Waals surface area contributed by atoms with Gasteiger partial charge in [-0.25, -0.2) is 0 Å². The van der Waals surface area contributed by atoms with E-state index in [9.17, 15) is 0 Å². The number of nitrogens with one attached hydrogen (secondary N) is 1. The highest BCUT2D eigenvalue weighted by molar-refractivity contribution is 5.19. The molecule has 0 bridgehead atoms. The smallest absolute Gasteiger partial charge is 0.0494 e. The molecular weight excluding hydrogens is 248 g/mol. The molecule has 3 heteroatoms. The highest BCUT2D eigenvalue weighted by Crippen LogP contribution is 2.28. The number of nitrogens with two attached hydrogens (primary N) is 1. The Balaban J connectivity index is 1.51. The molecule has 0 aromatic heterocycles. The molecule has 20 heavy (non-hydrogen) atoms. The summed E-state index contributed by atoms with van der Waals surface area (Å²) in [5, 5.41) is 3.48. The van der Waals surface area contributed by atoms with Crippen LogP contribution in [0.25, 0.3) is 0 Å². The van der Waals surface area contributed by atoms with Crippen LogP contribution >= 0.6 is 0 Å². The van der Waals surface area contributed by atoms with Crippen LogP contribution in [0.1, 0.15) is 37.8 Å². The summed E-state index contributed by atoms with van der Waals surface area (Å²) in [7, 11) is 0. The molecule has 1 fully saturated rings. The molecule has 112 valence electrons. The largest absolute Gasteiger partial charge is 0.381 e. The van der Waals surface area contributed by atoms with Crippen molar-refractivity contribution in [1.29, 1.82) is 0 Å². The third-order valence-corrected chi connectivity index (χ3v) is 3.96. The van der Waals surface area contributed by atoms with Gasteiger partial charge < -0.3 is 15.8 Å². The van der Waals surface area contributed by atoms with Crippen LogP contribution in [0.4, 0.5) is 0 Å². The van der Waals surface area contributed by atoms with Crippen LogP contribution in [0.15, 0.2) is 30.3 Å². The van der Waals surface area contributed by atoms with Gasteiger partial charge in [0.1, 0.15) is 0 Å². The van der Waals surface area contributed by atoms with Crippen molar-refractivity contribution in [3.8, 4) is 0 Å². The van der Waals surface area contributed by atoms with Gasteiger partial charge in [-0.2, -0.15) is 0 Å². The molecule has 3 nitrogen and oxygen atoms in total. The first-order valence-electron chi connectivity index (χ1n) is 7.86. The summed E-state index contributed by atoms with van der Waals surface area (Å²) in [6, 6.07) is 10.4. The second-order valence-electron chi connectivity index (χ2n) is 5.99. The standard InChI is InChI=1S/C17H28N2O/c1-14(17(18)16-6-3-2-4-7-16)12-19-10-5-11-20-13-15-8-9-15/h2-4,6-7,14-15,17,19H,5,8-13,18H2,1H3. The minimum absolute atomic E-state index is 0.106. The fraction of sp³-hybridized carbons (Fsp3) is 0.647. The average molecular weight is 276 g/mol. The fourth-order valence-electron chi connectivity index (χ4n) is 2.29. The van der Waals surface area contributed by atoms with Crippen LogP contribution < -0.4 is 11.1 Å². The minimum Gasteiger partial charge on any atom is -0.381 e. The van der Waals surface area contributed by atoms with Crippen molar-refractivity contribution in [2.24, 2.45) is 17.6 Å². The maximum Gasteiger partial charge on any atom is 0.0494 e. The zero-order valence-electron chi connectivity index (χ0n) is 12.6. The molecule has 0 spiro atoms. The Morgan fingerprint density at radius 3 is 2.75 bits per heavy atom. The van der Waals surface area contributed by atoms with E-state index >= 15 is 0 Å². The zero-order chi connectivity index (χ0) is 14.2. The zero-order valence-corrected chi connectivity index (χ0v) is 12.6. The summed E-state index contributed by atoms with van der Waals surface area (Å²) in [4.78, 5) is 0. The van der Waals surface area contributed by atoms with Gasteiger partial charge in [0.15, 0.2) is 0 Å². The van der Waals surface area contributed by atoms with Crippen molar-refractivity contribution in [1.82, 2.24) is 5.32 Å². The Hall–Kier alpha value is -0.900. The lowest BCUT2D eigenvalue weighted by molar-refractivity contribution is 0.122. The number of hydrogen-bond acceptors (Lipinski definition) is 3. The SMILES string of the molecule is CC(CNCCCOCC1CC1)C(N)c1ccccc1. The topological polar surface area (TPSA) is 47.3 Å². The first-order valence-corrected chi connectivity index (χ1v) is 7.86. The van der Waals surface area contributed by atoms with Gasteiger partial charge in [-0.05, 0) is 49.8 Å². The van der Waals surface area contributed by atoms with Crippen molar-refractivity contribution in [3.63, 3.8) is 0 Å². The van der Waals surface area contributed by atoms with E-state index in [1.165, 1.54) is 18.4 Å². The molecule has 1 aliphatic rings. The summed E-state index contributed by atoms with van der Waals surface area (Å²) in [5.74, 6) is 1.30. The van der Waals surface area contributed by atoms with E-state index in [-0.39, 0.29) is 6.04 Å². The molecule has 0 aliphatic heterocycles. The second-order valence-corrected chi connectivity index (χ2v) is 5.99. The third kappa shape index (κ3) is 5.61. The quantitative estimate of drug-likeness (QED) is 0.646. The summed E-state index contributed by atoms with van der Waals surface area (Å²) in [6.45, 7) is 6.02. The molecule has 0 amide bonds. The van der Waals surface area contributed by atoms with Gasteiger partial charge in [-0.15, -0.1) is 0 Å². The Labute approximate surface area is 122 Å². The molecule has 0 saturated heterocycles. The third-order valence-electron chi connectivity index (χ3n) is 3.96. The van der Waals surface area contributed by atoms with Gasteiger partial charge in [0, 0.05) is 19.3 Å². The van der Waals surface area contributed by atoms with Gasteiger partial charge in [0.25, 0.3) is 0 Å². The minimum atomic E-state index is 0.106. The molecule has 0 heterocycles. The lowest BCUT2D eigenvalue weighted by atomic mass is 9.95. The molecule has 0 radical (unpaired) electrons. The van der Waals surface area contributed by atoms with Gasteiger partial charge in [-0.1, -0.05) is 37.3 Å². The summed E-state index contributed by atoms with van der Waals surface area (Å²) in [6.07, 6.45) is 3.82. The molecule has 1 aliphatic carbocycles. The first kappa shape index (κ1) is 15.5. The van der Waals surface area contributed by atoms with Crippen molar-refractivity contribution in [2.75, 3.05) is 26.3 Å².